The van der Waals surface area contributed by atoms with Gasteiger partial charge < -0.3 is 10.6 Å². The van der Waals surface area contributed by atoms with Crippen LogP contribution < -0.4 is 10.6 Å². The Bertz CT molecular complexity index is 705. The molecule has 0 aliphatic carbocycles. The highest BCUT2D eigenvalue weighted by molar-refractivity contribution is 7.11. The molecule has 0 aliphatic rings. The van der Waals surface area contributed by atoms with Crippen molar-refractivity contribution in [3.63, 3.8) is 0 Å². The fourth-order valence-electron chi connectivity index (χ4n) is 1.64. The van der Waals surface area contributed by atoms with E-state index in [4.69, 9.17) is 11.6 Å². The van der Waals surface area contributed by atoms with Gasteiger partial charge in [0.1, 0.15) is 11.5 Å². The highest BCUT2D eigenvalue weighted by Gasteiger charge is 2.14. The summed E-state index contributed by atoms with van der Waals surface area (Å²) < 4.78 is 13.0. The molecule has 5 nitrogen and oxygen atoms in total. The Balaban J connectivity index is 1.97. The monoisotopic (exact) mass is 341 g/mol. The molecule has 0 aliphatic heterocycles. The number of carbonyl (C=O) groups is 2. The number of halogens is 2. The lowest BCUT2D eigenvalue weighted by atomic mass is 10.2. The van der Waals surface area contributed by atoms with Gasteiger partial charge >= 0.3 is 0 Å². The first-order valence-electron chi connectivity index (χ1n) is 6.47. The predicted molar refractivity (Wildman–Crippen MR) is 82.7 cm³/mol. The lowest BCUT2D eigenvalue weighted by Gasteiger charge is -2.04. The summed E-state index contributed by atoms with van der Waals surface area (Å²) >= 11 is 6.77. The number of hydrogen-bond donors (Lipinski definition) is 2. The SMILES string of the molecule is CCNC(=O)c1nc(C(=O)NCc2ccc(F)c(Cl)c2)cs1. The Labute approximate surface area is 135 Å². The van der Waals surface area contributed by atoms with Gasteiger partial charge in [-0.2, -0.15) is 0 Å². The zero-order valence-electron chi connectivity index (χ0n) is 11.7. The number of rotatable bonds is 5. The minimum atomic E-state index is -0.511. The van der Waals surface area contributed by atoms with Crippen molar-refractivity contribution in [1.29, 1.82) is 0 Å². The molecule has 1 aromatic heterocycles. The minimum absolute atomic E-state index is 0.000991. The maximum absolute atomic E-state index is 13.0. The molecular formula is C14H13ClFN3O2S. The van der Waals surface area contributed by atoms with Crippen LogP contribution >= 0.6 is 22.9 Å². The third-order valence-corrected chi connectivity index (χ3v) is 3.84. The number of hydrogen-bond acceptors (Lipinski definition) is 4. The summed E-state index contributed by atoms with van der Waals surface area (Å²) in [5, 5.41) is 6.99. The van der Waals surface area contributed by atoms with Crippen molar-refractivity contribution >= 4 is 34.8 Å². The van der Waals surface area contributed by atoms with Crippen molar-refractivity contribution in [1.82, 2.24) is 15.6 Å². The molecule has 2 aromatic rings. The van der Waals surface area contributed by atoms with Crippen LogP contribution in [0.4, 0.5) is 4.39 Å². The van der Waals surface area contributed by atoms with Gasteiger partial charge in [-0.3, -0.25) is 9.59 Å². The quantitative estimate of drug-likeness (QED) is 0.878. The Hall–Kier alpha value is -1.99. The number of amides is 2. The highest BCUT2D eigenvalue weighted by Crippen LogP contribution is 2.16. The fourth-order valence-corrected chi connectivity index (χ4v) is 2.56. The molecule has 0 saturated carbocycles. The molecule has 22 heavy (non-hydrogen) atoms. The van der Waals surface area contributed by atoms with Crippen molar-refractivity contribution in [3.05, 3.63) is 50.7 Å². The van der Waals surface area contributed by atoms with E-state index in [0.717, 1.165) is 11.3 Å². The largest absolute Gasteiger partial charge is 0.350 e. The number of thiazole rings is 1. The number of carbonyl (C=O) groups excluding carboxylic acids is 2. The lowest BCUT2D eigenvalue weighted by Crippen LogP contribution is -2.25. The Kier molecular flexibility index (Phi) is 5.46. The molecule has 1 aromatic carbocycles. The summed E-state index contributed by atoms with van der Waals surface area (Å²) in [5.41, 5.74) is 0.832. The van der Waals surface area contributed by atoms with Crippen molar-refractivity contribution in [3.8, 4) is 0 Å². The maximum Gasteiger partial charge on any atom is 0.280 e. The summed E-state index contributed by atoms with van der Waals surface area (Å²) in [4.78, 5) is 27.5. The minimum Gasteiger partial charge on any atom is -0.350 e. The Morgan fingerprint density at radius 2 is 2.09 bits per heavy atom. The van der Waals surface area contributed by atoms with E-state index in [1.54, 1.807) is 6.92 Å². The molecule has 0 atom stereocenters. The Morgan fingerprint density at radius 3 is 2.77 bits per heavy atom. The third-order valence-electron chi connectivity index (χ3n) is 2.71. The summed E-state index contributed by atoms with van der Waals surface area (Å²) in [5.74, 6) is -1.23. The van der Waals surface area contributed by atoms with Crippen LogP contribution in [-0.2, 0) is 6.54 Å². The van der Waals surface area contributed by atoms with E-state index in [1.165, 1.54) is 23.6 Å². The van der Waals surface area contributed by atoms with E-state index in [-0.39, 0.29) is 28.2 Å². The van der Waals surface area contributed by atoms with Crippen LogP contribution in [-0.4, -0.2) is 23.3 Å². The summed E-state index contributed by atoms with van der Waals surface area (Å²) in [6.07, 6.45) is 0. The molecule has 0 unspecified atom stereocenters. The van der Waals surface area contributed by atoms with Crippen LogP contribution in [0.15, 0.2) is 23.6 Å². The second-order valence-electron chi connectivity index (χ2n) is 4.33. The van der Waals surface area contributed by atoms with E-state index < -0.39 is 11.7 Å². The van der Waals surface area contributed by atoms with Crippen molar-refractivity contribution in [2.75, 3.05) is 6.54 Å². The van der Waals surface area contributed by atoms with E-state index in [1.807, 2.05) is 0 Å². The molecular weight excluding hydrogens is 329 g/mol. The molecule has 0 saturated heterocycles. The first-order chi connectivity index (χ1) is 10.5. The van der Waals surface area contributed by atoms with Gasteiger partial charge in [-0.05, 0) is 24.6 Å². The smallest absolute Gasteiger partial charge is 0.280 e. The van der Waals surface area contributed by atoms with Gasteiger partial charge in [0.05, 0.1) is 5.02 Å². The van der Waals surface area contributed by atoms with E-state index in [9.17, 15) is 14.0 Å². The zero-order chi connectivity index (χ0) is 16.1. The Morgan fingerprint density at radius 1 is 1.32 bits per heavy atom. The van der Waals surface area contributed by atoms with Gasteiger partial charge in [0.2, 0.25) is 0 Å². The summed E-state index contributed by atoms with van der Waals surface area (Å²) in [6, 6.07) is 4.21. The second kappa shape index (κ2) is 7.33. The van der Waals surface area contributed by atoms with Crippen molar-refractivity contribution < 1.29 is 14.0 Å². The molecule has 116 valence electrons. The first-order valence-corrected chi connectivity index (χ1v) is 7.73. The van der Waals surface area contributed by atoms with E-state index in [2.05, 4.69) is 15.6 Å². The third kappa shape index (κ3) is 4.02. The van der Waals surface area contributed by atoms with Crippen LogP contribution in [0.25, 0.3) is 0 Å². The van der Waals surface area contributed by atoms with E-state index >= 15 is 0 Å². The number of nitrogens with one attached hydrogen (secondary N) is 2. The molecule has 1 heterocycles. The van der Waals surface area contributed by atoms with Crippen LogP contribution in [0.5, 0.6) is 0 Å². The molecule has 8 heteroatoms. The molecule has 2 N–H and O–H groups in total. The van der Waals surface area contributed by atoms with Gasteiger partial charge in [-0.15, -0.1) is 11.3 Å². The number of benzene rings is 1. The van der Waals surface area contributed by atoms with E-state index in [0.29, 0.717) is 12.1 Å². The van der Waals surface area contributed by atoms with Crippen LogP contribution in [0.3, 0.4) is 0 Å². The predicted octanol–water partition coefficient (Wildman–Crippen LogP) is 2.62. The van der Waals surface area contributed by atoms with Crippen molar-refractivity contribution in [2.45, 2.75) is 13.5 Å². The normalized spacial score (nSPS) is 10.3. The number of aromatic nitrogens is 1. The number of nitrogens with zero attached hydrogens (tertiary/aromatic N) is 1. The molecule has 0 bridgehead atoms. The van der Waals surface area contributed by atoms with Gasteiger partial charge in [-0.1, -0.05) is 17.7 Å². The van der Waals surface area contributed by atoms with Crippen LogP contribution in [0.2, 0.25) is 5.02 Å². The maximum atomic E-state index is 13.0. The molecule has 0 spiro atoms. The van der Waals surface area contributed by atoms with Gasteiger partial charge in [0.15, 0.2) is 5.01 Å². The zero-order valence-corrected chi connectivity index (χ0v) is 13.2. The highest BCUT2D eigenvalue weighted by atomic mass is 35.5. The molecule has 2 rings (SSSR count). The lowest BCUT2D eigenvalue weighted by molar-refractivity contribution is 0.0946. The summed E-state index contributed by atoms with van der Waals surface area (Å²) in [6.45, 7) is 2.48. The molecule has 0 radical (unpaired) electrons. The topological polar surface area (TPSA) is 71.1 Å². The first kappa shape index (κ1) is 16.4. The van der Waals surface area contributed by atoms with Crippen molar-refractivity contribution in [2.24, 2.45) is 0 Å². The molecule has 0 fully saturated rings. The average Bonchev–Trinajstić information content (AvgIpc) is 2.98. The van der Waals surface area contributed by atoms with Gasteiger partial charge in [0.25, 0.3) is 11.8 Å². The van der Waals surface area contributed by atoms with Crippen LogP contribution in [0, 0.1) is 5.82 Å². The average molecular weight is 342 g/mol. The second-order valence-corrected chi connectivity index (χ2v) is 5.59. The standard InChI is InChI=1S/C14H13ClFN3O2S/c1-2-17-13(21)14-19-11(7-22-14)12(20)18-6-8-3-4-10(16)9(15)5-8/h3-5,7H,2,6H2,1H3,(H,17,21)(H,18,20). The summed E-state index contributed by atoms with van der Waals surface area (Å²) in [7, 11) is 0. The van der Waals surface area contributed by atoms with Gasteiger partial charge in [0, 0.05) is 18.5 Å². The van der Waals surface area contributed by atoms with Gasteiger partial charge in [-0.25, -0.2) is 9.37 Å². The molecule has 2 amide bonds. The van der Waals surface area contributed by atoms with Crippen LogP contribution in [0.1, 0.15) is 32.8 Å². The fraction of sp³-hybridized carbons (Fsp3) is 0.214.